The first kappa shape index (κ1) is 15.3. The van der Waals surface area contributed by atoms with Crippen molar-refractivity contribution in [3.05, 3.63) is 0 Å². The number of carbonyl (C=O) groups is 3. The molecule has 1 aliphatic carbocycles. The average Bonchev–Trinajstić information content (AvgIpc) is 2.32. The first-order valence-corrected chi connectivity index (χ1v) is 6.52. The molecule has 1 aliphatic rings. The number of nitrogens with one attached hydrogen (secondary N) is 2. The summed E-state index contributed by atoms with van der Waals surface area (Å²) in [5, 5.41) is 13.9. The van der Waals surface area contributed by atoms with Crippen LogP contribution in [0.3, 0.4) is 0 Å². The highest BCUT2D eigenvalue weighted by Gasteiger charge is 2.45. The van der Waals surface area contributed by atoms with Crippen molar-refractivity contribution in [2.45, 2.75) is 38.6 Å². The number of carbonyl (C=O) groups excluding carboxylic acids is 2. The van der Waals surface area contributed by atoms with E-state index in [1.807, 2.05) is 13.8 Å². The number of urea groups is 1. The highest BCUT2D eigenvalue weighted by atomic mass is 16.4. The SMILES string of the molecule is CCN(CC)C(=O)CNC(=O)NC1(C(=O)O)CCC1. The maximum Gasteiger partial charge on any atom is 0.329 e. The molecule has 0 aromatic carbocycles. The molecule has 0 spiro atoms. The molecule has 0 aliphatic heterocycles. The van der Waals surface area contributed by atoms with Crippen LogP contribution in [0, 0.1) is 0 Å². The van der Waals surface area contributed by atoms with E-state index in [1.54, 1.807) is 4.90 Å². The normalized spacial score (nSPS) is 16.1. The van der Waals surface area contributed by atoms with Gasteiger partial charge in [-0.1, -0.05) is 0 Å². The average molecular weight is 271 g/mol. The summed E-state index contributed by atoms with van der Waals surface area (Å²) in [7, 11) is 0. The van der Waals surface area contributed by atoms with E-state index < -0.39 is 17.5 Å². The Morgan fingerprint density at radius 2 is 1.79 bits per heavy atom. The second kappa shape index (κ2) is 6.40. The summed E-state index contributed by atoms with van der Waals surface area (Å²) in [5.41, 5.74) is -1.15. The third kappa shape index (κ3) is 3.59. The number of aliphatic carboxylic acids is 1. The Morgan fingerprint density at radius 3 is 2.16 bits per heavy atom. The lowest BCUT2D eigenvalue weighted by molar-refractivity contribution is -0.148. The van der Waals surface area contributed by atoms with Crippen molar-refractivity contribution in [3.8, 4) is 0 Å². The number of likely N-dealkylation sites (N-methyl/N-ethyl adjacent to an activating group) is 1. The van der Waals surface area contributed by atoms with Crippen molar-refractivity contribution in [1.82, 2.24) is 15.5 Å². The summed E-state index contributed by atoms with van der Waals surface area (Å²) in [6, 6.07) is -0.609. The van der Waals surface area contributed by atoms with Crippen LogP contribution in [0.2, 0.25) is 0 Å². The first-order chi connectivity index (χ1) is 8.95. The second-order valence-corrected chi connectivity index (χ2v) is 4.61. The number of hydrogen-bond acceptors (Lipinski definition) is 3. The number of hydrogen-bond donors (Lipinski definition) is 3. The van der Waals surface area contributed by atoms with Gasteiger partial charge in [-0.15, -0.1) is 0 Å². The van der Waals surface area contributed by atoms with Crippen molar-refractivity contribution < 1.29 is 19.5 Å². The standard InChI is InChI=1S/C12H21N3O4/c1-3-15(4-2)9(16)8-13-11(19)14-12(10(17)18)6-5-7-12/h3-8H2,1-2H3,(H,17,18)(H2,13,14,19). The van der Waals surface area contributed by atoms with Gasteiger partial charge in [-0.25, -0.2) is 9.59 Å². The topological polar surface area (TPSA) is 98.7 Å². The lowest BCUT2D eigenvalue weighted by Crippen LogP contribution is -2.61. The quantitative estimate of drug-likeness (QED) is 0.641. The summed E-state index contributed by atoms with van der Waals surface area (Å²) < 4.78 is 0. The minimum atomic E-state index is -1.15. The summed E-state index contributed by atoms with van der Waals surface area (Å²) in [6.45, 7) is 4.75. The molecule has 0 unspecified atom stereocenters. The Bertz CT molecular complexity index is 362. The van der Waals surface area contributed by atoms with Gasteiger partial charge in [0.1, 0.15) is 5.54 Å². The zero-order valence-corrected chi connectivity index (χ0v) is 11.4. The molecule has 0 saturated heterocycles. The molecular weight excluding hydrogens is 250 g/mol. The predicted molar refractivity (Wildman–Crippen MR) is 68.7 cm³/mol. The van der Waals surface area contributed by atoms with Crippen LogP contribution in [-0.4, -0.2) is 53.1 Å². The van der Waals surface area contributed by atoms with Crippen LogP contribution < -0.4 is 10.6 Å². The number of nitrogens with zero attached hydrogens (tertiary/aromatic N) is 1. The van der Waals surface area contributed by atoms with Gasteiger partial charge in [0.05, 0.1) is 6.54 Å². The number of rotatable bonds is 6. The molecule has 0 aromatic rings. The van der Waals surface area contributed by atoms with E-state index >= 15 is 0 Å². The molecule has 0 radical (unpaired) electrons. The molecule has 3 amide bonds. The molecule has 7 nitrogen and oxygen atoms in total. The van der Waals surface area contributed by atoms with Crippen molar-refractivity contribution in [3.63, 3.8) is 0 Å². The Balaban J connectivity index is 2.40. The van der Waals surface area contributed by atoms with Crippen molar-refractivity contribution in [1.29, 1.82) is 0 Å². The van der Waals surface area contributed by atoms with Crippen molar-refractivity contribution in [2.24, 2.45) is 0 Å². The Labute approximate surface area is 112 Å². The third-order valence-electron chi connectivity index (χ3n) is 3.49. The van der Waals surface area contributed by atoms with E-state index in [1.165, 1.54) is 0 Å². The molecule has 108 valence electrons. The molecule has 7 heteroatoms. The number of amides is 3. The highest BCUT2D eigenvalue weighted by Crippen LogP contribution is 2.31. The van der Waals surface area contributed by atoms with E-state index in [2.05, 4.69) is 10.6 Å². The van der Waals surface area contributed by atoms with Gasteiger partial charge < -0.3 is 20.6 Å². The van der Waals surface area contributed by atoms with Gasteiger partial charge in [-0.05, 0) is 33.1 Å². The van der Waals surface area contributed by atoms with Crippen LogP contribution >= 0.6 is 0 Å². The zero-order valence-electron chi connectivity index (χ0n) is 11.4. The summed E-state index contributed by atoms with van der Waals surface area (Å²) >= 11 is 0. The highest BCUT2D eigenvalue weighted by molar-refractivity contribution is 5.89. The molecule has 3 N–H and O–H groups in total. The molecule has 1 rings (SSSR count). The van der Waals surface area contributed by atoms with E-state index in [0.717, 1.165) is 6.42 Å². The van der Waals surface area contributed by atoms with E-state index in [-0.39, 0.29) is 12.5 Å². The lowest BCUT2D eigenvalue weighted by atomic mass is 9.77. The van der Waals surface area contributed by atoms with Gasteiger partial charge in [-0.3, -0.25) is 4.79 Å². The Hall–Kier alpha value is -1.79. The summed E-state index contributed by atoms with van der Waals surface area (Å²) in [5.74, 6) is -1.21. The smallest absolute Gasteiger partial charge is 0.329 e. The molecule has 1 fully saturated rings. The van der Waals surface area contributed by atoms with Crippen molar-refractivity contribution in [2.75, 3.05) is 19.6 Å². The van der Waals surface area contributed by atoms with Crippen LogP contribution in [0.4, 0.5) is 4.79 Å². The lowest BCUT2D eigenvalue weighted by Gasteiger charge is -2.38. The molecular formula is C12H21N3O4. The third-order valence-corrected chi connectivity index (χ3v) is 3.49. The summed E-state index contributed by atoms with van der Waals surface area (Å²) in [6.07, 6.45) is 1.64. The number of carboxylic acids is 1. The number of carboxylic acid groups (broad SMARTS) is 1. The predicted octanol–water partition coefficient (Wildman–Crippen LogP) is 0.161. The van der Waals surface area contributed by atoms with E-state index in [4.69, 9.17) is 5.11 Å². The maximum absolute atomic E-state index is 11.7. The van der Waals surface area contributed by atoms with Gasteiger partial charge in [0.25, 0.3) is 0 Å². The largest absolute Gasteiger partial charge is 0.480 e. The van der Waals surface area contributed by atoms with Crippen LogP contribution in [0.5, 0.6) is 0 Å². The fraction of sp³-hybridized carbons (Fsp3) is 0.750. The minimum Gasteiger partial charge on any atom is -0.480 e. The van der Waals surface area contributed by atoms with Crippen LogP contribution in [0.25, 0.3) is 0 Å². The van der Waals surface area contributed by atoms with Gasteiger partial charge >= 0.3 is 12.0 Å². The fourth-order valence-electron chi connectivity index (χ4n) is 2.03. The minimum absolute atomic E-state index is 0.122. The maximum atomic E-state index is 11.7. The molecule has 19 heavy (non-hydrogen) atoms. The van der Waals surface area contributed by atoms with Crippen LogP contribution in [0.1, 0.15) is 33.1 Å². The first-order valence-electron chi connectivity index (χ1n) is 6.52. The van der Waals surface area contributed by atoms with Crippen molar-refractivity contribution >= 4 is 17.9 Å². The zero-order chi connectivity index (χ0) is 14.5. The molecule has 0 heterocycles. The molecule has 1 saturated carbocycles. The van der Waals surface area contributed by atoms with Crippen LogP contribution in [0.15, 0.2) is 0 Å². The van der Waals surface area contributed by atoms with E-state index in [0.29, 0.717) is 25.9 Å². The van der Waals surface area contributed by atoms with Gasteiger partial charge in [0, 0.05) is 13.1 Å². The molecule has 0 aromatic heterocycles. The van der Waals surface area contributed by atoms with Gasteiger partial charge in [0.2, 0.25) is 5.91 Å². The fourth-order valence-corrected chi connectivity index (χ4v) is 2.03. The van der Waals surface area contributed by atoms with E-state index in [9.17, 15) is 14.4 Å². The van der Waals surface area contributed by atoms with Gasteiger partial charge in [-0.2, -0.15) is 0 Å². The molecule has 0 atom stereocenters. The second-order valence-electron chi connectivity index (χ2n) is 4.61. The Kier molecular flexibility index (Phi) is 5.14. The van der Waals surface area contributed by atoms with Gasteiger partial charge in [0.15, 0.2) is 0 Å². The summed E-state index contributed by atoms with van der Waals surface area (Å²) in [4.78, 5) is 35.9. The Morgan fingerprint density at radius 1 is 1.21 bits per heavy atom. The van der Waals surface area contributed by atoms with Crippen LogP contribution in [-0.2, 0) is 9.59 Å². The molecule has 0 bridgehead atoms. The monoisotopic (exact) mass is 271 g/mol.